The molecule has 0 saturated heterocycles. The number of benzene rings is 1. The van der Waals surface area contributed by atoms with Crippen LogP contribution in [0.1, 0.15) is 33.1 Å². The van der Waals surface area contributed by atoms with Crippen molar-refractivity contribution in [3.05, 3.63) is 18.2 Å². The maximum Gasteiger partial charge on any atom is 0.221 e. The van der Waals surface area contributed by atoms with E-state index in [-0.39, 0.29) is 23.0 Å². The number of nitrogens with one attached hydrogen (secondary N) is 1. The number of sulfone groups is 1. The van der Waals surface area contributed by atoms with E-state index in [1.165, 1.54) is 12.1 Å². The molecule has 1 aromatic rings. The molecular formula is C17H26N2O5S. The lowest BCUT2D eigenvalue weighted by molar-refractivity contribution is -0.121. The summed E-state index contributed by atoms with van der Waals surface area (Å²) in [6, 6.07) is 4.49. The normalized spacial score (nSPS) is 14.2. The highest BCUT2D eigenvalue weighted by atomic mass is 32.2. The summed E-state index contributed by atoms with van der Waals surface area (Å²) in [5, 5.41) is 2.73. The summed E-state index contributed by atoms with van der Waals surface area (Å²) in [4.78, 5) is 12.1. The van der Waals surface area contributed by atoms with Gasteiger partial charge in [0.25, 0.3) is 0 Å². The molecule has 7 nitrogen and oxygen atoms in total. The minimum atomic E-state index is -3.58. The number of hydrogen-bond donors (Lipinski definition) is 2. The van der Waals surface area contributed by atoms with Crippen molar-refractivity contribution in [2.45, 2.75) is 43.5 Å². The Morgan fingerprint density at radius 2 is 1.84 bits per heavy atom. The van der Waals surface area contributed by atoms with E-state index in [0.29, 0.717) is 31.3 Å². The second-order valence-corrected chi connectivity index (χ2v) is 8.33. The summed E-state index contributed by atoms with van der Waals surface area (Å²) in [6.45, 7) is 5.08. The number of fused-ring (bicyclic) bond motifs is 1. The number of amides is 1. The Morgan fingerprint density at radius 1 is 1.20 bits per heavy atom. The van der Waals surface area contributed by atoms with Crippen LogP contribution in [0.4, 0.5) is 0 Å². The summed E-state index contributed by atoms with van der Waals surface area (Å²) in [6.07, 6.45) is 1.36. The Hall–Kier alpha value is -1.80. The van der Waals surface area contributed by atoms with Crippen LogP contribution in [0.15, 0.2) is 23.1 Å². The van der Waals surface area contributed by atoms with E-state index in [4.69, 9.17) is 15.2 Å². The molecule has 1 aliphatic heterocycles. The molecular weight excluding hydrogens is 344 g/mol. The first kappa shape index (κ1) is 19.5. The lowest BCUT2D eigenvalue weighted by Gasteiger charge is -2.26. The van der Waals surface area contributed by atoms with Crippen molar-refractivity contribution in [2.75, 3.05) is 25.5 Å². The van der Waals surface area contributed by atoms with Gasteiger partial charge in [-0.2, -0.15) is 0 Å². The molecule has 0 saturated carbocycles. The molecule has 1 amide bonds. The van der Waals surface area contributed by atoms with Gasteiger partial charge >= 0.3 is 0 Å². The fraction of sp³-hybridized carbons (Fsp3) is 0.588. The zero-order chi connectivity index (χ0) is 18.5. The fourth-order valence-corrected chi connectivity index (χ4v) is 3.68. The molecule has 140 valence electrons. The van der Waals surface area contributed by atoms with Crippen LogP contribution in [-0.2, 0) is 14.6 Å². The van der Waals surface area contributed by atoms with Gasteiger partial charge < -0.3 is 20.5 Å². The summed E-state index contributed by atoms with van der Waals surface area (Å²) in [5.74, 6) is 0.351. The van der Waals surface area contributed by atoms with Crippen LogP contribution < -0.4 is 20.5 Å². The number of nitrogens with two attached hydrogens (primary N) is 1. The minimum Gasteiger partial charge on any atom is -0.486 e. The Bertz CT molecular complexity index is 714. The lowest BCUT2D eigenvalue weighted by Crippen LogP contribution is -2.49. The molecule has 0 unspecified atom stereocenters. The van der Waals surface area contributed by atoms with Gasteiger partial charge in [0.2, 0.25) is 5.91 Å². The molecule has 1 aromatic carbocycles. The Balaban J connectivity index is 1.94. The minimum absolute atomic E-state index is 0.111. The first-order valence-electron chi connectivity index (χ1n) is 8.47. The molecule has 0 aliphatic carbocycles. The van der Waals surface area contributed by atoms with Crippen LogP contribution in [0, 0.1) is 0 Å². The van der Waals surface area contributed by atoms with Crippen LogP contribution in [0.5, 0.6) is 11.5 Å². The summed E-state index contributed by atoms with van der Waals surface area (Å²) in [7, 11) is -3.58. The topological polar surface area (TPSA) is 108 Å². The van der Waals surface area contributed by atoms with Crippen molar-refractivity contribution in [3.63, 3.8) is 0 Å². The number of hydrogen-bond acceptors (Lipinski definition) is 6. The molecule has 2 rings (SSSR count). The molecule has 8 heteroatoms. The van der Waals surface area contributed by atoms with E-state index in [9.17, 15) is 13.2 Å². The average Bonchev–Trinajstić information content (AvgIpc) is 2.64. The van der Waals surface area contributed by atoms with Gasteiger partial charge in [-0.1, -0.05) is 13.8 Å². The van der Waals surface area contributed by atoms with Crippen LogP contribution in [0.3, 0.4) is 0 Å². The van der Waals surface area contributed by atoms with E-state index >= 15 is 0 Å². The Morgan fingerprint density at radius 3 is 2.48 bits per heavy atom. The fourth-order valence-electron chi connectivity index (χ4n) is 2.43. The average molecular weight is 370 g/mol. The molecule has 0 bridgehead atoms. The van der Waals surface area contributed by atoms with E-state index in [1.54, 1.807) is 6.07 Å². The monoisotopic (exact) mass is 370 g/mol. The predicted octanol–water partition coefficient (Wildman–Crippen LogP) is 1.26. The van der Waals surface area contributed by atoms with E-state index in [0.717, 1.165) is 12.8 Å². The molecule has 0 aromatic heterocycles. The summed E-state index contributed by atoms with van der Waals surface area (Å²) < 4.78 is 35.7. The number of rotatable bonds is 8. The van der Waals surface area contributed by atoms with Crippen LogP contribution in [0.2, 0.25) is 0 Å². The highest BCUT2D eigenvalue weighted by molar-refractivity contribution is 7.91. The second kappa shape index (κ2) is 8.05. The molecule has 1 aliphatic rings. The summed E-state index contributed by atoms with van der Waals surface area (Å²) in [5.41, 5.74) is 5.67. The van der Waals surface area contributed by atoms with Gasteiger partial charge in [0.05, 0.1) is 10.6 Å². The molecule has 0 atom stereocenters. The van der Waals surface area contributed by atoms with Gasteiger partial charge in [0, 0.05) is 24.6 Å². The molecule has 1 heterocycles. The van der Waals surface area contributed by atoms with Gasteiger partial charge in [-0.3, -0.25) is 4.79 Å². The van der Waals surface area contributed by atoms with Crippen molar-refractivity contribution < 1.29 is 22.7 Å². The van der Waals surface area contributed by atoms with Crippen molar-refractivity contribution in [2.24, 2.45) is 5.73 Å². The quantitative estimate of drug-likeness (QED) is 0.713. The molecule has 25 heavy (non-hydrogen) atoms. The summed E-state index contributed by atoms with van der Waals surface area (Å²) >= 11 is 0. The third-order valence-electron chi connectivity index (χ3n) is 4.52. The van der Waals surface area contributed by atoms with Gasteiger partial charge in [-0.25, -0.2) is 8.42 Å². The van der Waals surface area contributed by atoms with Crippen LogP contribution >= 0.6 is 0 Å². The number of carbonyl (C=O) groups excluding carboxylic acids is 1. The lowest BCUT2D eigenvalue weighted by atomic mass is 9.94. The Kier molecular flexibility index (Phi) is 6.29. The maximum atomic E-state index is 12.4. The van der Waals surface area contributed by atoms with Crippen molar-refractivity contribution >= 4 is 15.7 Å². The zero-order valence-corrected chi connectivity index (χ0v) is 15.5. The van der Waals surface area contributed by atoms with Crippen molar-refractivity contribution in [1.82, 2.24) is 5.32 Å². The van der Waals surface area contributed by atoms with Crippen LogP contribution in [-0.4, -0.2) is 45.4 Å². The predicted molar refractivity (Wildman–Crippen MR) is 94.6 cm³/mol. The van der Waals surface area contributed by atoms with Gasteiger partial charge in [0.15, 0.2) is 21.3 Å². The molecule has 0 radical (unpaired) electrons. The third kappa shape index (κ3) is 5.09. The van der Waals surface area contributed by atoms with E-state index in [2.05, 4.69) is 5.32 Å². The first-order valence-corrected chi connectivity index (χ1v) is 10.1. The van der Waals surface area contributed by atoms with Gasteiger partial charge in [0.1, 0.15) is 13.2 Å². The third-order valence-corrected chi connectivity index (χ3v) is 6.23. The van der Waals surface area contributed by atoms with Crippen molar-refractivity contribution in [1.29, 1.82) is 0 Å². The first-order chi connectivity index (χ1) is 11.8. The largest absolute Gasteiger partial charge is 0.486 e. The standard InChI is InChI=1S/C17H26N2O5S/c1-3-17(18,4-2)12-19-16(20)7-10-25(21,22)13-5-6-14-15(11-13)24-9-8-23-14/h5-6,11H,3-4,7-10,12,18H2,1-2H3,(H,19,20). The highest BCUT2D eigenvalue weighted by Crippen LogP contribution is 2.32. The SMILES string of the molecule is CCC(N)(CC)CNC(=O)CCS(=O)(=O)c1ccc2c(c1)OCCO2. The van der Waals surface area contributed by atoms with E-state index in [1.807, 2.05) is 13.8 Å². The Labute approximate surface area is 148 Å². The van der Waals surface area contributed by atoms with Gasteiger partial charge in [-0.05, 0) is 25.0 Å². The van der Waals surface area contributed by atoms with Crippen LogP contribution in [0.25, 0.3) is 0 Å². The van der Waals surface area contributed by atoms with Gasteiger partial charge in [-0.15, -0.1) is 0 Å². The number of ether oxygens (including phenoxy) is 2. The molecule has 3 N–H and O–H groups in total. The smallest absolute Gasteiger partial charge is 0.221 e. The van der Waals surface area contributed by atoms with E-state index < -0.39 is 15.4 Å². The highest BCUT2D eigenvalue weighted by Gasteiger charge is 2.23. The van der Waals surface area contributed by atoms with Crippen molar-refractivity contribution in [3.8, 4) is 11.5 Å². The zero-order valence-electron chi connectivity index (χ0n) is 14.7. The molecule has 0 spiro atoms. The number of carbonyl (C=O) groups is 1. The maximum absolute atomic E-state index is 12.4. The second-order valence-electron chi connectivity index (χ2n) is 6.22. The molecule has 0 fully saturated rings.